The van der Waals surface area contributed by atoms with Crippen molar-refractivity contribution < 1.29 is 27.1 Å². The predicted molar refractivity (Wildman–Crippen MR) is 89.2 cm³/mol. The number of ether oxygens (including phenoxy) is 2. The summed E-state index contributed by atoms with van der Waals surface area (Å²) in [6.07, 6.45) is 0. The maximum atomic E-state index is 13.8. The molecule has 2 rings (SSSR count). The fourth-order valence-corrected chi connectivity index (χ4v) is 3.65. The van der Waals surface area contributed by atoms with Crippen LogP contribution in [0.3, 0.4) is 0 Å². The summed E-state index contributed by atoms with van der Waals surface area (Å²) in [6, 6.07) is 7.74. The van der Waals surface area contributed by atoms with E-state index < -0.39 is 26.7 Å². The standard InChI is InChI=1S/C15H13BrFNO5S/c1-22-14-9(16)7-8-11(13(14)15(19)23-2)18-24(20,21)12-6-4-3-5-10(12)17/h3-8,18H,1-2H3. The van der Waals surface area contributed by atoms with Crippen LogP contribution in [0.4, 0.5) is 10.1 Å². The molecule has 0 atom stereocenters. The first-order valence-corrected chi connectivity index (χ1v) is 8.81. The molecule has 9 heteroatoms. The average Bonchev–Trinajstić information content (AvgIpc) is 2.55. The number of hydrogen-bond acceptors (Lipinski definition) is 5. The van der Waals surface area contributed by atoms with Gasteiger partial charge in [0.05, 0.1) is 24.4 Å². The van der Waals surface area contributed by atoms with E-state index >= 15 is 0 Å². The van der Waals surface area contributed by atoms with E-state index in [0.29, 0.717) is 4.47 Å². The Labute approximate surface area is 146 Å². The molecule has 24 heavy (non-hydrogen) atoms. The van der Waals surface area contributed by atoms with Crippen molar-refractivity contribution in [3.8, 4) is 5.75 Å². The van der Waals surface area contributed by atoms with E-state index in [-0.39, 0.29) is 17.0 Å². The number of nitrogens with one attached hydrogen (secondary N) is 1. The Balaban J connectivity index is 2.58. The van der Waals surface area contributed by atoms with Gasteiger partial charge in [0.25, 0.3) is 10.0 Å². The van der Waals surface area contributed by atoms with Gasteiger partial charge < -0.3 is 9.47 Å². The third-order valence-electron chi connectivity index (χ3n) is 3.07. The van der Waals surface area contributed by atoms with Crippen LogP contribution in [0.15, 0.2) is 45.8 Å². The Bertz CT molecular complexity index is 885. The van der Waals surface area contributed by atoms with Gasteiger partial charge in [-0.3, -0.25) is 4.72 Å². The molecule has 0 aliphatic carbocycles. The number of benzene rings is 2. The number of halogens is 2. The van der Waals surface area contributed by atoms with Gasteiger partial charge in [-0.1, -0.05) is 12.1 Å². The van der Waals surface area contributed by atoms with E-state index in [1.165, 1.54) is 31.4 Å². The topological polar surface area (TPSA) is 81.7 Å². The van der Waals surface area contributed by atoms with Crippen LogP contribution >= 0.6 is 15.9 Å². The smallest absolute Gasteiger partial charge is 0.343 e. The zero-order valence-corrected chi connectivity index (χ0v) is 15.1. The third-order valence-corrected chi connectivity index (χ3v) is 5.10. The molecule has 1 N–H and O–H groups in total. The summed E-state index contributed by atoms with van der Waals surface area (Å²) in [6.45, 7) is 0. The van der Waals surface area contributed by atoms with Gasteiger partial charge in [-0.2, -0.15) is 0 Å². The summed E-state index contributed by atoms with van der Waals surface area (Å²) >= 11 is 3.21. The van der Waals surface area contributed by atoms with Crippen LogP contribution in [0, 0.1) is 5.82 Å². The highest BCUT2D eigenvalue weighted by Crippen LogP contribution is 2.35. The minimum Gasteiger partial charge on any atom is -0.495 e. The molecule has 0 spiro atoms. The number of methoxy groups -OCH3 is 2. The number of carbonyl (C=O) groups excluding carboxylic acids is 1. The van der Waals surface area contributed by atoms with Crippen LogP contribution in [0.5, 0.6) is 5.75 Å². The summed E-state index contributed by atoms with van der Waals surface area (Å²) in [7, 11) is -1.78. The molecule has 0 saturated heterocycles. The molecular formula is C15H13BrFNO5S. The van der Waals surface area contributed by atoms with Crippen molar-refractivity contribution in [2.75, 3.05) is 18.9 Å². The van der Waals surface area contributed by atoms with Crippen LogP contribution in [0.1, 0.15) is 10.4 Å². The van der Waals surface area contributed by atoms with Gasteiger partial charge in [0.1, 0.15) is 22.0 Å². The average molecular weight is 418 g/mol. The van der Waals surface area contributed by atoms with Crippen LogP contribution in [0.2, 0.25) is 0 Å². The molecule has 0 aliphatic rings. The number of sulfonamides is 1. The normalized spacial score (nSPS) is 11.0. The second-order valence-corrected chi connectivity index (χ2v) is 7.04. The summed E-state index contributed by atoms with van der Waals surface area (Å²) in [4.78, 5) is 11.5. The lowest BCUT2D eigenvalue weighted by Gasteiger charge is -2.15. The fourth-order valence-electron chi connectivity index (χ4n) is 2.01. The van der Waals surface area contributed by atoms with Gasteiger partial charge >= 0.3 is 5.97 Å². The Morgan fingerprint density at radius 2 is 1.83 bits per heavy atom. The molecule has 128 valence electrons. The van der Waals surface area contributed by atoms with Gasteiger partial charge in [-0.05, 0) is 40.2 Å². The SMILES string of the molecule is COC(=O)c1c(NS(=O)(=O)c2ccccc2F)ccc(Br)c1OC. The minimum absolute atomic E-state index is 0.0925. The molecule has 0 radical (unpaired) electrons. The lowest BCUT2D eigenvalue weighted by molar-refractivity contribution is 0.0598. The van der Waals surface area contributed by atoms with Crippen LogP contribution < -0.4 is 9.46 Å². The Morgan fingerprint density at radius 3 is 2.42 bits per heavy atom. The molecule has 2 aromatic carbocycles. The summed E-state index contributed by atoms with van der Waals surface area (Å²) in [5, 5.41) is 0. The number of esters is 1. The molecule has 0 unspecified atom stereocenters. The maximum absolute atomic E-state index is 13.8. The summed E-state index contributed by atoms with van der Waals surface area (Å²) < 4.78 is 51.0. The van der Waals surface area contributed by atoms with Gasteiger partial charge in [0.2, 0.25) is 0 Å². The Kier molecular flexibility index (Phi) is 5.45. The molecule has 0 aliphatic heterocycles. The first-order chi connectivity index (χ1) is 11.3. The van der Waals surface area contributed by atoms with Crippen molar-refractivity contribution in [2.45, 2.75) is 4.90 Å². The van der Waals surface area contributed by atoms with E-state index in [1.54, 1.807) is 0 Å². The van der Waals surface area contributed by atoms with Crippen LogP contribution in [0.25, 0.3) is 0 Å². The predicted octanol–water partition coefficient (Wildman–Crippen LogP) is 3.18. The molecular weight excluding hydrogens is 405 g/mol. The van der Waals surface area contributed by atoms with Gasteiger partial charge in [-0.15, -0.1) is 0 Å². The highest BCUT2D eigenvalue weighted by Gasteiger charge is 2.25. The van der Waals surface area contributed by atoms with Crippen LogP contribution in [-0.4, -0.2) is 28.6 Å². The molecule has 0 heterocycles. The lowest BCUT2D eigenvalue weighted by atomic mass is 10.1. The molecule has 0 bridgehead atoms. The second-order valence-electron chi connectivity index (χ2n) is 4.53. The highest BCUT2D eigenvalue weighted by molar-refractivity contribution is 9.10. The number of anilines is 1. The van der Waals surface area contributed by atoms with Gasteiger partial charge in [-0.25, -0.2) is 17.6 Å². The Hall–Kier alpha value is -2.13. The second kappa shape index (κ2) is 7.18. The Morgan fingerprint density at radius 1 is 1.17 bits per heavy atom. The fraction of sp³-hybridized carbons (Fsp3) is 0.133. The van der Waals surface area contributed by atoms with E-state index in [4.69, 9.17) is 4.74 Å². The molecule has 6 nitrogen and oxygen atoms in total. The summed E-state index contributed by atoms with van der Waals surface area (Å²) in [5.41, 5.74) is -0.223. The third kappa shape index (κ3) is 3.51. The zero-order chi connectivity index (χ0) is 17.9. The van der Waals surface area contributed by atoms with Crippen molar-refractivity contribution in [3.63, 3.8) is 0 Å². The molecule has 0 saturated carbocycles. The maximum Gasteiger partial charge on any atom is 0.343 e. The van der Waals surface area contributed by atoms with Gasteiger partial charge in [0, 0.05) is 0 Å². The number of carbonyl (C=O) groups is 1. The highest BCUT2D eigenvalue weighted by atomic mass is 79.9. The largest absolute Gasteiger partial charge is 0.495 e. The molecule has 0 fully saturated rings. The first-order valence-electron chi connectivity index (χ1n) is 6.54. The quantitative estimate of drug-likeness (QED) is 0.755. The van der Waals surface area contributed by atoms with Crippen molar-refractivity contribution >= 4 is 37.6 Å². The van der Waals surface area contributed by atoms with Crippen LogP contribution in [-0.2, 0) is 14.8 Å². The zero-order valence-electron chi connectivity index (χ0n) is 12.7. The van der Waals surface area contributed by atoms with E-state index in [0.717, 1.165) is 19.2 Å². The summed E-state index contributed by atoms with van der Waals surface area (Å²) in [5.74, 6) is -1.62. The van der Waals surface area contributed by atoms with Gasteiger partial charge in [0.15, 0.2) is 0 Å². The van der Waals surface area contributed by atoms with Crippen molar-refractivity contribution in [3.05, 3.63) is 52.3 Å². The minimum atomic E-state index is -4.25. The number of hydrogen-bond donors (Lipinski definition) is 1. The molecule has 0 amide bonds. The van der Waals surface area contributed by atoms with Crippen molar-refractivity contribution in [1.82, 2.24) is 0 Å². The number of rotatable bonds is 5. The first kappa shape index (κ1) is 18.2. The van der Waals surface area contributed by atoms with Crippen molar-refractivity contribution in [1.29, 1.82) is 0 Å². The van der Waals surface area contributed by atoms with E-state index in [2.05, 4.69) is 25.4 Å². The van der Waals surface area contributed by atoms with Crippen molar-refractivity contribution in [2.24, 2.45) is 0 Å². The monoisotopic (exact) mass is 417 g/mol. The lowest BCUT2D eigenvalue weighted by Crippen LogP contribution is -2.18. The molecule has 0 aromatic heterocycles. The van der Waals surface area contributed by atoms with E-state index in [1.807, 2.05) is 0 Å². The van der Waals surface area contributed by atoms with E-state index in [9.17, 15) is 17.6 Å². The molecule has 2 aromatic rings.